The molecule has 1 atom stereocenters. The molecular formula is C14H13NO3. The van der Waals surface area contributed by atoms with E-state index in [0.29, 0.717) is 5.56 Å². The van der Waals surface area contributed by atoms with Crippen molar-refractivity contribution < 1.29 is 15.0 Å². The van der Waals surface area contributed by atoms with Crippen LogP contribution < -0.4 is 5.32 Å². The lowest BCUT2D eigenvalue weighted by atomic mass is 10.1. The van der Waals surface area contributed by atoms with Crippen LogP contribution in [-0.2, 0) is 0 Å². The maximum atomic E-state index is 11.8. The number of carbonyl (C=O) groups excluding carboxylic acids is 1. The Morgan fingerprint density at radius 1 is 1.00 bits per heavy atom. The van der Waals surface area contributed by atoms with E-state index in [0.717, 1.165) is 0 Å². The minimum atomic E-state index is -1.10. The van der Waals surface area contributed by atoms with Gasteiger partial charge in [-0.3, -0.25) is 4.79 Å². The van der Waals surface area contributed by atoms with E-state index < -0.39 is 12.1 Å². The summed E-state index contributed by atoms with van der Waals surface area (Å²) < 4.78 is 0. The Labute approximate surface area is 105 Å². The molecule has 3 N–H and O–H groups in total. The van der Waals surface area contributed by atoms with E-state index in [4.69, 9.17) is 0 Å². The second-order valence-corrected chi connectivity index (χ2v) is 3.80. The Kier molecular flexibility index (Phi) is 3.60. The number of benzene rings is 2. The summed E-state index contributed by atoms with van der Waals surface area (Å²) in [6, 6.07) is 14.9. The number of hydrogen-bond donors (Lipinski definition) is 3. The normalized spacial score (nSPS) is 11.8. The highest BCUT2D eigenvalue weighted by Crippen LogP contribution is 2.17. The summed E-state index contributed by atoms with van der Waals surface area (Å²) in [5, 5.41) is 21.8. The molecule has 1 unspecified atom stereocenters. The van der Waals surface area contributed by atoms with Gasteiger partial charge < -0.3 is 15.5 Å². The molecule has 0 aliphatic heterocycles. The number of hydrogen-bond acceptors (Lipinski definition) is 3. The molecular weight excluding hydrogens is 230 g/mol. The number of rotatable bonds is 3. The van der Waals surface area contributed by atoms with Crippen LogP contribution in [0.3, 0.4) is 0 Å². The van der Waals surface area contributed by atoms with Crippen molar-refractivity contribution >= 4 is 5.91 Å². The van der Waals surface area contributed by atoms with E-state index in [2.05, 4.69) is 5.32 Å². The van der Waals surface area contributed by atoms with E-state index in [9.17, 15) is 15.0 Å². The molecule has 0 spiro atoms. The fraction of sp³-hybridized carbons (Fsp3) is 0.0714. The third-order valence-corrected chi connectivity index (χ3v) is 2.53. The number of nitrogens with one attached hydrogen (secondary N) is 1. The van der Waals surface area contributed by atoms with Crippen molar-refractivity contribution in [2.75, 3.05) is 0 Å². The number of carbonyl (C=O) groups is 1. The summed E-state index contributed by atoms with van der Waals surface area (Å²) in [7, 11) is 0. The van der Waals surface area contributed by atoms with Crippen LogP contribution in [0.1, 0.15) is 22.1 Å². The molecule has 2 rings (SSSR count). The van der Waals surface area contributed by atoms with Gasteiger partial charge in [-0.25, -0.2) is 0 Å². The van der Waals surface area contributed by atoms with Crippen LogP contribution in [0, 0.1) is 0 Å². The molecule has 0 fully saturated rings. The van der Waals surface area contributed by atoms with Crippen LogP contribution in [0.2, 0.25) is 0 Å². The average molecular weight is 243 g/mol. The second kappa shape index (κ2) is 5.33. The first kappa shape index (κ1) is 12.1. The summed E-state index contributed by atoms with van der Waals surface area (Å²) in [5.41, 5.74) is 0.716. The van der Waals surface area contributed by atoms with Gasteiger partial charge in [0.2, 0.25) is 0 Å². The molecule has 2 aromatic rings. The van der Waals surface area contributed by atoms with Crippen molar-refractivity contribution in [1.82, 2.24) is 5.32 Å². The predicted molar refractivity (Wildman–Crippen MR) is 67.0 cm³/mol. The van der Waals surface area contributed by atoms with E-state index in [1.807, 2.05) is 6.07 Å². The molecule has 0 bridgehead atoms. The number of phenolic OH excluding ortho intramolecular Hbond substituents is 1. The highest BCUT2D eigenvalue weighted by Gasteiger charge is 2.14. The van der Waals surface area contributed by atoms with Crippen molar-refractivity contribution in [3.8, 4) is 5.75 Å². The van der Waals surface area contributed by atoms with Crippen molar-refractivity contribution in [1.29, 1.82) is 0 Å². The molecule has 0 aliphatic carbocycles. The van der Waals surface area contributed by atoms with Gasteiger partial charge in [-0.05, 0) is 12.1 Å². The predicted octanol–water partition coefficient (Wildman–Crippen LogP) is 1.81. The number of aliphatic hydroxyl groups excluding tert-OH is 1. The van der Waals surface area contributed by atoms with Gasteiger partial charge in [-0.1, -0.05) is 42.5 Å². The van der Waals surface area contributed by atoms with E-state index in [1.165, 1.54) is 12.1 Å². The zero-order valence-electron chi connectivity index (χ0n) is 9.58. The maximum Gasteiger partial charge on any atom is 0.257 e. The summed E-state index contributed by atoms with van der Waals surface area (Å²) >= 11 is 0. The van der Waals surface area contributed by atoms with Gasteiger partial charge in [0.25, 0.3) is 5.91 Å². The SMILES string of the molecule is O=C(NC(O)c1ccccc1)c1ccccc1O. The van der Waals surface area contributed by atoms with E-state index in [-0.39, 0.29) is 11.3 Å². The van der Waals surface area contributed by atoms with Crippen LogP contribution >= 0.6 is 0 Å². The lowest BCUT2D eigenvalue weighted by molar-refractivity contribution is 0.0781. The highest BCUT2D eigenvalue weighted by atomic mass is 16.3. The number of aliphatic hydroxyl groups is 1. The number of phenols is 1. The molecule has 92 valence electrons. The highest BCUT2D eigenvalue weighted by molar-refractivity contribution is 5.96. The molecule has 0 saturated carbocycles. The van der Waals surface area contributed by atoms with Crippen LogP contribution in [0.5, 0.6) is 5.75 Å². The van der Waals surface area contributed by atoms with Crippen molar-refractivity contribution in [2.45, 2.75) is 6.23 Å². The number of para-hydroxylation sites is 1. The van der Waals surface area contributed by atoms with Gasteiger partial charge in [0.15, 0.2) is 6.23 Å². The number of amides is 1. The smallest absolute Gasteiger partial charge is 0.257 e. The van der Waals surface area contributed by atoms with Crippen molar-refractivity contribution in [2.24, 2.45) is 0 Å². The zero-order valence-corrected chi connectivity index (χ0v) is 9.58. The lowest BCUT2D eigenvalue weighted by Crippen LogP contribution is -2.28. The minimum Gasteiger partial charge on any atom is -0.507 e. The Balaban J connectivity index is 2.11. The summed E-state index contributed by atoms with van der Waals surface area (Å²) in [5.74, 6) is -0.639. The average Bonchev–Trinajstić information content (AvgIpc) is 2.40. The van der Waals surface area contributed by atoms with Crippen LogP contribution in [0.4, 0.5) is 0 Å². The molecule has 0 aromatic heterocycles. The zero-order chi connectivity index (χ0) is 13.0. The summed E-state index contributed by atoms with van der Waals surface area (Å²) in [6.45, 7) is 0. The molecule has 1 amide bonds. The molecule has 0 aliphatic rings. The first-order valence-corrected chi connectivity index (χ1v) is 5.50. The van der Waals surface area contributed by atoms with Gasteiger partial charge in [0.05, 0.1) is 5.56 Å². The lowest BCUT2D eigenvalue weighted by Gasteiger charge is -2.13. The fourth-order valence-electron chi connectivity index (χ4n) is 1.59. The third kappa shape index (κ3) is 2.67. The molecule has 4 heteroatoms. The van der Waals surface area contributed by atoms with Gasteiger partial charge in [0, 0.05) is 5.56 Å². The monoisotopic (exact) mass is 243 g/mol. The largest absolute Gasteiger partial charge is 0.507 e. The molecule has 0 radical (unpaired) electrons. The van der Waals surface area contributed by atoms with Gasteiger partial charge in [-0.2, -0.15) is 0 Å². The first-order valence-electron chi connectivity index (χ1n) is 5.50. The molecule has 2 aromatic carbocycles. The van der Waals surface area contributed by atoms with Crippen molar-refractivity contribution in [3.05, 3.63) is 65.7 Å². The molecule has 18 heavy (non-hydrogen) atoms. The van der Waals surface area contributed by atoms with E-state index in [1.54, 1.807) is 36.4 Å². The molecule has 0 saturated heterocycles. The third-order valence-electron chi connectivity index (χ3n) is 2.53. The Morgan fingerprint density at radius 3 is 2.28 bits per heavy atom. The Hall–Kier alpha value is -2.33. The molecule has 4 nitrogen and oxygen atoms in total. The van der Waals surface area contributed by atoms with Gasteiger partial charge in [-0.15, -0.1) is 0 Å². The van der Waals surface area contributed by atoms with Gasteiger partial charge >= 0.3 is 0 Å². The fourth-order valence-corrected chi connectivity index (χ4v) is 1.59. The topological polar surface area (TPSA) is 69.6 Å². The standard InChI is InChI=1S/C14H13NO3/c16-12-9-5-4-8-11(12)14(18)15-13(17)10-6-2-1-3-7-10/h1-9,13,16-17H,(H,15,18). The quantitative estimate of drug-likeness (QED) is 0.720. The van der Waals surface area contributed by atoms with E-state index >= 15 is 0 Å². The second-order valence-electron chi connectivity index (χ2n) is 3.80. The summed E-state index contributed by atoms with van der Waals surface area (Å²) in [6.07, 6.45) is -1.10. The molecule has 0 heterocycles. The van der Waals surface area contributed by atoms with Crippen LogP contribution in [-0.4, -0.2) is 16.1 Å². The Morgan fingerprint density at radius 2 is 1.61 bits per heavy atom. The maximum absolute atomic E-state index is 11.8. The Bertz CT molecular complexity index is 540. The summed E-state index contributed by atoms with van der Waals surface area (Å²) in [4.78, 5) is 11.8. The van der Waals surface area contributed by atoms with Crippen LogP contribution in [0.25, 0.3) is 0 Å². The van der Waals surface area contributed by atoms with Crippen molar-refractivity contribution in [3.63, 3.8) is 0 Å². The minimum absolute atomic E-state index is 0.115. The van der Waals surface area contributed by atoms with Gasteiger partial charge in [0.1, 0.15) is 5.75 Å². The van der Waals surface area contributed by atoms with Crippen LogP contribution in [0.15, 0.2) is 54.6 Å². The first-order chi connectivity index (χ1) is 8.68. The number of aromatic hydroxyl groups is 1.